The number of para-hydroxylation sites is 1. The molecule has 2 aromatic heterocycles. The minimum Gasteiger partial charge on any atom is -0.461 e. The molecule has 0 aliphatic carbocycles. The Balaban J connectivity index is 1.77. The summed E-state index contributed by atoms with van der Waals surface area (Å²) in [6.07, 6.45) is 2.98. The molecule has 0 saturated heterocycles. The number of rotatable bonds is 5. The number of nitrogens with one attached hydrogen (secondary N) is 1. The van der Waals surface area contributed by atoms with Gasteiger partial charge in [-0.05, 0) is 13.0 Å². The fourth-order valence-electron chi connectivity index (χ4n) is 2.77. The Kier molecular flexibility index (Phi) is 3.80. The van der Waals surface area contributed by atoms with Crippen molar-refractivity contribution < 1.29 is 4.42 Å². The standard InChI is InChI=1S/C17H21N3O/c1-4-16-15(14-7-5-6-8-17(14)21-16)10-18-9-13-11-20(3)19-12(13)2/h5-8,11,18H,4,9-10H2,1-3H3. The summed E-state index contributed by atoms with van der Waals surface area (Å²) >= 11 is 0. The zero-order valence-electron chi connectivity index (χ0n) is 12.8. The molecule has 4 nitrogen and oxygen atoms in total. The van der Waals surface area contributed by atoms with Crippen LogP contribution in [0.2, 0.25) is 0 Å². The number of benzene rings is 1. The van der Waals surface area contributed by atoms with Gasteiger partial charge in [0.15, 0.2) is 0 Å². The molecule has 0 atom stereocenters. The maximum Gasteiger partial charge on any atom is 0.134 e. The summed E-state index contributed by atoms with van der Waals surface area (Å²) < 4.78 is 7.78. The van der Waals surface area contributed by atoms with E-state index in [4.69, 9.17) is 4.42 Å². The lowest BCUT2D eigenvalue weighted by atomic mass is 10.1. The smallest absolute Gasteiger partial charge is 0.134 e. The van der Waals surface area contributed by atoms with Gasteiger partial charge in [0, 0.05) is 49.3 Å². The molecule has 0 unspecified atom stereocenters. The van der Waals surface area contributed by atoms with Crippen LogP contribution in [0, 0.1) is 6.92 Å². The number of hydrogen-bond acceptors (Lipinski definition) is 3. The van der Waals surface area contributed by atoms with E-state index < -0.39 is 0 Å². The predicted octanol–water partition coefficient (Wildman–Crippen LogP) is 3.33. The number of nitrogens with zero attached hydrogens (tertiary/aromatic N) is 2. The van der Waals surface area contributed by atoms with E-state index in [9.17, 15) is 0 Å². The minimum atomic E-state index is 0.814. The molecule has 3 rings (SSSR count). The minimum absolute atomic E-state index is 0.814. The molecule has 0 fully saturated rings. The summed E-state index contributed by atoms with van der Waals surface area (Å²) in [6.45, 7) is 5.81. The number of aromatic nitrogens is 2. The molecule has 0 spiro atoms. The van der Waals surface area contributed by atoms with Crippen LogP contribution >= 0.6 is 0 Å². The normalized spacial score (nSPS) is 11.4. The Morgan fingerprint density at radius 1 is 1.24 bits per heavy atom. The van der Waals surface area contributed by atoms with Crippen LogP contribution in [0.3, 0.4) is 0 Å². The fraction of sp³-hybridized carbons (Fsp3) is 0.353. The lowest BCUT2D eigenvalue weighted by Gasteiger charge is -2.04. The van der Waals surface area contributed by atoms with Gasteiger partial charge in [-0.15, -0.1) is 0 Å². The molecular formula is C17H21N3O. The van der Waals surface area contributed by atoms with Crippen LogP contribution in [0.25, 0.3) is 11.0 Å². The molecule has 1 aromatic carbocycles. The van der Waals surface area contributed by atoms with Gasteiger partial charge in [-0.1, -0.05) is 25.1 Å². The Morgan fingerprint density at radius 3 is 2.76 bits per heavy atom. The highest BCUT2D eigenvalue weighted by Crippen LogP contribution is 2.26. The summed E-state index contributed by atoms with van der Waals surface area (Å²) in [5, 5.41) is 9.09. The van der Waals surface area contributed by atoms with Crippen molar-refractivity contribution >= 4 is 11.0 Å². The van der Waals surface area contributed by atoms with Crippen LogP contribution in [0.15, 0.2) is 34.9 Å². The van der Waals surface area contributed by atoms with Crippen LogP contribution in [0.1, 0.15) is 29.5 Å². The maximum atomic E-state index is 5.92. The first-order chi connectivity index (χ1) is 10.2. The van der Waals surface area contributed by atoms with Crippen molar-refractivity contribution in [3.05, 3.63) is 53.0 Å². The van der Waals surface area contributed by atoms with Crippen molar-refractivity contribution in [2.24, 2.45) is 7.05 Å². The van der Waals surface area contributed by atoms with E-state index >= 15 is 0 Å². The van der Waals surface area contributed by atoms with Crippen molar-refractivity contribution in [2.75, 3.05) is 0 Å². The van der Waals surface area contributed by atoms with Crippen LogP contribution in [0.4, 0.5) is 0 Å². The Morgan fingerprint density at radius 2 is 2.05 bits per heavy atom. The molecule has 0 bridgehead atoms. The Labute approximate surface area is 124 Å². The van der Waals surface area contributed by atoms with Crippen molar-refractivity contribution in [1.82, 2.24) is 15.1 Å². The number of fused-ring (bicyclic) bond motifs is 1. The molecule has 1 N–H and O–H groups in total. The van der Waals surface area contributed by atoms with E-state index in [2.05, 4.69) is 35.7 Å². The van der Waals surface area contributed by atoms with Crippen LogP contribution in [-0.2, 0) is 26.6 Å². The average molecular weight is 283 g/mol. The number of aryl methyl sites for hydroxylation is 3. The van der Waals surface area contributed by atoms with E-state index in [-0.39, 0.29) is 0 Å². The van der Waals surface area contributed by atoms with Crippen molar-refractivity contribution in [2.45, 2.75) is 33.4 Å². The molecular weight excluding hydrogens is 262 g/mol. The summed E-state index contributed by atoms with van der Waals surface area (Å²) in [4.78, 5) is 0. The highest BCUT2D eigenvalue weighted by molar-refractivity contribution is 5.82. The molecule has 0 aliphatic rings. The second kappa shape index (κ2) is 5.74. The number of hydrogen-bond donors (Lipinski definition) is 1. The first-order valence-electron chi connectivity index (χ1n) is 7.38. The quantitative estimate of drug-likeness (QED) is 0.781. The third-order valence-electron chi connectivity index (χ3n) is 3.84. The average Bonchev–Trinajstić information content (AvgIpc) is 2.99. The predicted molar refractivity (Wildman–Crippen MR) is 84.1 cm³/mol. The summed E-state index contributed by atoms with van der Waals surface area (Å²) in [5.74, 6) is 1.08. The highest BCUT2D eigenvalue weighted by atomic mass is 16.3. The van der Waals surface area contributed by atoms with Crippen molar-refractivity contribution in [1.29, 1.82) is 0 Å². The van der Waals surface area contributed by atoms with E-state index in [1.54, 1.807) is 0 Å². The van der Waals surface area contributed by atoms with Crippen LogP contribution in [0.5, 0.6) is 0 Å². The van der Waals surface area contributed by atoms with Crippen LogP contribution < -0.4 is 5.32 Å². The third kappa shape index (κ3) is 2.72. The first-order valence-corrected chi connectivity index (χ1v) is 7.38. The van der Waals surface area contributed by atoms with Gasteiger partial charge >= 0.3 is 0 Å². The first kappa shape index (κ1) is 13.9. The molecule has 21 heavy (non-hydrogen) atoms. The zero-order chi connectivity index (χ0) is 14.8. The third-order valence-corrected chi connectivity index (χ3v) is 3.84. The largest absolute Gasteiger partial charge is 0.461 e. The Bertz CT molecular complexity index is 755. The summed E-state index contributed by atoms with van der Waals surface area (Å²) in [5.41, 5.74) is 4.57. The van der Waals surface area contributed by atoms with Gasteiger partial charge in [-0.25, -0.2) is 0 Å². The van der Waals surface area contributed by atoms with E-state index in [0.717, 1.165) is 36.5 Å². The molecule has 2 heterocycles. The van der Waals surface area contributed by atoms with Gasteiger partial charge in [0.1, 0.15) is 11.3 Å². The lowest BCUT2D eigenvalue weighted by molar-refractivity contribution is 0.544. The van der Waals surface area contributed by atoms with E-state index in [1.165, 1.54) is 16.5 Å². The molecule has 0 saturated carbocycles. The molecule has 0 amide bonds. The monoisotopic (exact) mass is 283 g/mol. The zero-order valence-corrected chi connectivity index (χ0v) is 12.8. The highest BCUT2D eigenvalue weighted by Gasteiger charge is 2.12. The lowest BCUT2D eigenvalue weighted by Crippen LogP contribution is -2.13. The van der Waals surface area contributed by atoms with Gasteiger partial charge < -0.3 is 9.73 Å². The van der Waals surface area contributed by atoms with E-state index in [1.807, 2.05) is 30.8 Å². The topological polar surface area (TPSA) is 43.0 Å². The molecule has 110 valence electrons. The van der Waals surface area contributed by atoms with Gasteiger partial charge in [-0.3, -0.25) is 4.68 Å². The molecule has 0 aliphatic heterocycles. The second-order valence-electron chi connectivity index (χ2n) is 5.37. The Hall–Kier alpha value is -2.07. The molecule has 3 aromatic rings. The van der Waals surface area contributed by atoms with E-state index in [0.29, 0.717) is 0 Å². The van der Waals surface area contributed by atoms with Gasteiger partial charge in [0.05, 0.1) is 5.69 Å². The van der Waals surface area contributed by atoms with Gasteiger partial charge in [0.2, 0.25) is 0 Å². The molecule has 4 heteroatoms. The second-order valence-corrected chi connectivity index (χ2v) is 5.37. The van der Waals surface area contributed by atoms with Crippen molar-refractivity contribution in [3.8, 4) is 0 Å². The van der Waals surface area contributed by atoms with Crippen LogP contribution in [-0.4, -0.2) is 9.78 Å². The SMILES string of the molecule is CCc1oc2ccccc2c1CNCc1cn(C)nc1C. The van der Waals surface area contributed by atoms with Crippen molar-refractivity contribution in [3.63, 3.8) is 0 Å². The van der Waals surface area contributed by atoms with Gasteiger partial charge in [0.25, 0.3) is 0 Å². The number of furan rings is 1. The summed E-state index contributed by atoms with van der Waals surface area (Å²) in [7, 11) is 1.95. The maximum absolute atomic E-state index is 5.92. The molecule has 0 radical (unpaired) electrons. The summed E-state index contributed by atoms with van der Waals surface area (Å²) in [6, 6.07) is 8.24. The van der Waals surface area contributed by atoms with Gasteiger partial charge in [-0.2, -0.15) is 5.10 Å². The fourth-order valence-corrected chi connectivity index (χ4v) is 2.77.